The molecule has 0 rings (SSSR count). The normalized spacial score (nSPS) is 14.2. The van der Waals surface area contributed by atoms with Gasteiger partial charge < -0.3 is 14.6 Å². The number of carbonyl (C=O) groups is 2. The van der Waals surface area contributed by atoms with Gasteiger partial charge in [-0.05, 0) is 12.8 Å². The fourth-order valence-electron chi connectivity index (χ4n) is 1.33. The van der Waals surface area contributed by atoms with Crippen LogP contribution in [0.5, 0.6) is 0 Å². The zero-order chi connectivity index (χ0) is 12.6. The third-order valence-electron chi connectivity index (χ3n) is 2.41. The molecule has 0 aliphatic carbocycles. The van der Waals surface area contributed by atoms with Crippen LogP contribution in [-0.4, -0.2) is 37.4 Å². The Bertz CT molecular complexity index is 226. The maximum absolute atomic E-state index is 11.4. The van der Waals surface area contributed by atoms with E-state index in [-0.39, 0.29) is 12.6 Å². The Morgan fingerprint density at radius 3 is 2.38 bits per heavy atom. The van der Waals surface area contributed by atoms with E-state index in [1.165, 1.54) is 7.11 Å². The number of hydrogen-bond donors (Lipinski definition) is 1. The van der Waals surface area contributed by atoms with Gasteiger partial charge in [-0.2, -0.15) is 0 Å². The number of aliphatic carboxylic acids is 1. The molecule has 0 amide bonds. The second-order valence-corrected chi connectivity index (χ2v) is 3.74. The zero-order valence-electron chi connectivity index (χ0n) is 10.1. The molecule has 1 N–H and O–H groups in total. The van der Waals surface area contributed by atoms with Crippen LogP contribution in [0.4, 0.5) is 0 Å². The molecule has 2 unspecified atom stereocenters. The maximum Gasteiger partial charge on any atom is 0.308 e. The Labute approximate surface area is 95.7 Å². The fourth-order valence-corrected chi connectivity index (χ4v) is 1.33. The minimum absolute atomic E-state index is 0.212. The summed E-state index contributed by atoms with van der Waals surface area (Å²) in [7, 11) is 1.52. The second kappa shape index (κ2) is 8.10. The summed E-state index contributed by atoms with van der Waals surface area (Å²) in [6.45, 7) is 4.04. The quantitative estimate of drug-likeness (QED) is 0.504. The molecule has 2 atom stereocenters. The molecule has 0 aliphatic rings. The van der Waals surface area contributed by atoms with Crippen LogP contribution in [0.1, 0.15) is 26.7 Å². The van der Waals surface area contributed by atoms with Crippen molar-refractivity contribution in [3.63, 3.8) is 0 Å². The van der Waals surface area contributed by atoms with Crippen molar-refractivity contribution in [2.24, 2.45) is 11.8 Å². The summed E-state index contributed by atoms with van der Waals surface area (Å²) in [5.74, 6) is -2.10. The highest BCUT2D eigenvalue weighted by Crippen LogP contribution is 2.16. The average molecular weight is 232 g/mol. The van der Waals surface area contributed by atoms with E-state index in [2.05, 4.69) is 0 Å². The van der Waals surface area contributed by atoms with E-state index < -0.39 is 17.8 Å². The summed E-state index contributed by atoms with van der Waals surface area (Å²) in [6.07, 6.45) is 0.836. The first-order valence-corrected chi connectivity index (χ1v) is 5.41. The number of ether oxygens (including phenoxy) is 2. The molecule has 0 saturated carbocycles. The van der Waals surface area contributed by atoms with Gasteiger partial charge in [0.2, 0.25) is 0 Å². The molecule has 94 valence electrons. The Balaban J connectivity index is 3.98. The van der Waals surface area contributed by atoms with Gasteiger partial charge in [-0.25, -0.2) is 0 Å². The largest absolute Gasteiger partial charge is 0.481 e. The summed E-state index contributed by atoms with van der Waals surface area (Å²) >= 11 is 0. The summed E-state index contributed by atoms with van der Waals surface area (Å²) in [5.41, 5.74) is 0. The molecule has 0 spiro atoms. The average Bonchev–Trinajstić information content (AvgIpc) is 2.25. The highest BCUT2D eigenvalue weighted by molar-refractivity contribution is 5.74. The first-order chi connectivity index (χ1) is 7.52. The van der Waals surface area contributed by atoms with E-state index >= 15 is 0 Å². The van der Waals surface area contributed by atoms with Crippen molar-refractivity contribution in [3.05, 3.63) is 0 Å². The smallest absolute Gasteiger partial charge is 0.308 e. The van der Waals surface area contributed by atoms with E-state index in [9.17, 15) is 9.59 Å². The first kappa shape index (κ1) is 14.9. The lowest BCUT2D eigenvalue weighted by Crippen LogP contribution is -2.23. The van der Waals surface area contributed by atoms with E-state index in [1.807, 2.05) is 0 Å². The summed E-state index contributed by atoms with van der Waals surface area (Å²) in [6, 6.07) is 0. The number of hydrogen-bond acceptors (Lipinski definition) is 4. The van der Waals surface area contributed by atoms with E-state index in [0.29, 0.717) is 19.4 Å². The Morgan fingerprint density at radius 2 is 1.94 bits per heavy atom. The standard InChI is InChI=1S/C11H20O5/c1-4-9(10(12)13)7-8(2)11(14)16-6-5-15-3/h8-9H,4-7H2,1-3H3,(H,12,13). The molecule has 0 fully saturated rings. The SMILES string of the molecule is CCC(CC(C)C(=O)OCCOC)C(=O)O. The summed E-state index contributed by atoms with van der Waals surface area (Å²) < 4.78 is 9.65. The Kier molecular flexibility index (Phi) is 7.54. The van der Waals surface area contributed by atoms with Crippen LogP contribution < -0.4 is 0 Å². The minimum atomic E-state index is -0.862. The third kappa shape index (κ3) is 5.70. The zero-order valence-corrected chi connectivity index (χ0v) is 10.1. The highest BCUT2D eigenvalue weighted by atomic mass is 16.6. The topological polar surface area (TPSA) is 72.8 Å². The lowest BCUT2D eigenvalue weighted by atomic mass is 9.94. The van der Waals surface area contributed by atoms with E-state index in [4.69, 9.17) is 14.6 Å². The van der Waals surface area contributed by atoms with Crippen molar-refractivity contribution in [1.82, 2.24) is 0 Å². The van der Waals surface area contributed by atoms with Crippen LogP contribution in [0, 0.1) is 11.8 Å². The van der Waals surface area contributed by atoms with Crippen LogP contribution in [0.3, 0.4) is 0 Å². The number of carbonyl (C=O) groups excluding carboxylic acids is 1. The molecule has 0 aromatic rings. The van der Waals surface area contributed by atoms with Crippen molar-refractivity contribution in [3.8, 4) is 0 Å². The molecule has 0 aliphatic heterocycles. The predicted octanol–water partition coefficient (Wildman–Crippen LogP) is 1.31. The van der Waals surface area contributed by atoms with Gasteiger partial charge in [0, 0.05) is 7.11 Å². The summed E-state index contributed by atoms with van der Waals surface area (Å²) in [5, 5.41) is 8.85. The van der Waals surface area contributed by atoms with Gasteiger partial charge in [0.25, 0.3) is 0 Å². The maximum atomic E-state index is 11.4. The first-order valence-electron chi connectivity index (χ1n) is 5.41. The highest BCUT2D eigenvalue weighted by Gasteiger charge is 2.23. The molecular formula is C11H20O5. The van der Waals surface area contributed by atoms with Crippen molar-refractivity contribution in [1.29, 1.82) is 0 Å². The van der Waals surface area contributed by atoms with Crippen LogP contribution in [0.25, 0.3) is 0 Å². The van der Waals surface area contributed by atoms with Crippen molar-refractivity contribution < 1.29 is 24.2 Å². The molecule has 0 saturated heterocycles. The van der Waals surface area contributed by atoms with Gasteiger partial charge in [0.05, 0.1) is 18.4 Å². The van der Waals surface area contributed by atoms with Crippen LogP contribution in [0.15, 0.2) is 0 Å². The molecule has 0 radical (unpaired) electrons. The molecule has 0 heterocycles. The number of rotatable bonds is 8. The minimum Gasteiger partial charge on any atom is -0.481 e. The number of esters is 1. The Morgan fingerprint density at radius 1 is 1.31 bits per heavy atom. The predicted molar refractivity (Wildman–Crippen MR) is 58.0 cm³/mol. The number of carboxylic acids is 1. The lowest BCUT2D eigenvalue weighted by molar-refractivity contribution is -0.151. The van der Waals surface area contributed by atoms with Crippen molar-refractivity contribution in [2.75, 3.05) is 20.3 Å². The Hall–Kier alpha value is -1.10. The van der Waals surface area contributed by atoms with Gasteiger partial charge in [0.1, 0.15) is 6.61 Å². The van der Waals surface area contributed by atoms with Crippen LogP contribution in [0.2, 0.25) is 0 Å². The monoisotopic (exact) mass is 232 g/mol. The van der Waals surface area contributed by atoms with Gasteiger partial charge in [-0.15, -0.1) is 0 Å². The van der Waals surface area contributed by atoms with Gasteiger partial charge in [-0.3, -0.25) is 9.59 Å². The summed E-state index contributed by atoms with van der Waals surface area (Å²) in [4.78, 5) is 22.2. The molecule has 16 heavy (non-hydrogen) atoms. The number of carboxylic acid groups (broad SMARTS) is 1. The lowest BCUT2D eigenvalue weighted by Gasteiger charge is -2.15. The fraction of sp³-hybridized carbons (Fsp3) is 0.818. The molecule has 5 heteroatoms. The van der Waals surface area contributed by atoms with Crippen LogP contribution in [-0.2, 0) is 19.1 Å². The van der Waals surface area contributed by atoms with Gasteiger partial charge in [0.15, 0.2) is 0 Å². The van der Waals surface area contributed by atoms with Crippen molar-refractivity contribution in [2.45, 2.75) is 26.7 Å². The molecule has 0 aromatic heterocycles. The van der Waals surface area contributed by atoms with Gasteiger partial charge >= 0.3 is 11.9 Å². The molecular weight excluding hydrogens is 212 g/mol. The van der Waals surface area contributed by atoms with E-state index in [0.717, 1.165) is 0 Å². The molecule has 5 nitrogen and oxygen atoms in total. The van der Waals surface area contributed by atoms with Crippen LogP contribution >= 0.6 is 0 Å². The van der Waals surface area contributed by atoms with Gasteiger partial charge in [-0.1, -0.05) is 13.8 Å². The third-order valence-corrected chi connectivity index (χ3v) is 2.41. The second-order valence-electron chi connectivity index (χ2n) is 3.74. The number of methoxy groups -OCH3 is 1. The van der Waals surface area contributed by atoms with Crippen molar-refractivity contribution >= 4 is 11.9 Å². The van der Waals surface area contributed by atoms with E-state index in [1.54, 1.807) is 13.8 Å². The molecule has 0 bridgehead atoms. The molecule has 0 aromatic carbocycles.